The Hall–Kier alpha value is -2.62. The van der Waals surface area contributed by atoms with Gasteiger partial charge in [-0.05, 0) is 18.6 Å². The number of rotatable bonds is 7. The molecule has 0 bridgehead atoms. The summed E-state index contributed by atoms with van der Waals surface area (Å²) in [5.41, 5.74) is -0.222. The Labute approximate surface area is 148 Å². The molecule has 2 amide bonds. The number of thioether (sulfide) groups is 1. The number of anilines is 1. The molecule has 9 nitrogen and oxygen atoms in total. The Kier molecular flexibility index (Phi) is 6.34. The fraction of sp³-hybridized carbons (Fsp3) is 0.400. The highest BCUT2D eigenvalue weighted by atomic mass is 32.2. The Balaban J connectivity index is 2.03. The molecule has 0 saturated carbocycles. The van der Waals surface area contributed by atoms with E-state index >= 15 is 0 Å². The van der Waals surface area contributed by atoms with Crippen molar-refractivity contribution in [2.45, 2.75) is 25.0 Å². The van der Waals surface area contributed by atoms with E-state index in [0.29, 0.717) is 17.5 Å². The standard InChI is InChI=1S/C15H18N4O5S/c1-3-6-16-15-18-14(21)12(25-15)8-13(20)17-10-5-4-9(24-2)7-11(10)19(22)23/h4-5,7,12H,3,6,8H2,1-2H3,(H,17,20)(H,16,18,21). The minimum atomic E-state index is -0.606. The van der Waals surface area contributed by atoms with E-state index < -0.39 is 16.1 Å². The number of nitro benzene ring substituents is 1. The molecular formula is C15H18N4O5S. The number of hydrogen-bond acceptors (Lipinski definition) is 7. The number of nitrogens with zero attached hydrogens (tertiary/aromatic N) is 2. The molecule has 0 radical (unpaired) electrons. The summed E-state index contributed by atoms with van der Waals surface area (Å²) in [6.45, 7) is 2.57. The van der Waals surface area contributed by atoms with Crippen molar-refractivity contribution in [1.82, 2.24) is 5.32 Å². The SMILES string of the molecule is CCCN=C1NC(=O)C(CC(=O)Nc2ccc(OC)cc2[N+](=O)[O-])S1. The number of nitro groups is 1. The minimum Gasteiger partial charge on any atom is -0.496 e. The summed E-state index contributed by atoms with van der Waals surface area (Å²) in [5, 5.41) is 16.1. The molecule has 1 fully saturated rings. The van der Waals surface area contributed by atoms with Crippen molar-refractivity contribution in [3.8, 4) is 5.75 Å². The molecule has 1 aliphatic rings. The van der Waals surface area contributed by atoms with Crippen molar-refractivity contribution in [1.29, 1.82) is 0 Å². The molecule has 2 rings (SSSR count). The second-order valence-electron chi connectivity index (χ2n) is 5.18. The van der Waals surface area contributed by atoms with Crippen LogP contribution in [0.3, 0.4) is 0 Å². The second kappa shape index (κ2) is 8.47. The molecule has 1 aliphatic heterocycles. The topological polar surface area (TPSA) is 123 Å². The maximum Gasteiger partial charge on any atom is 0.296 e. The summed E-state index contributed by atoms with van der Waals surface area (Å²) in [6, 6.07) is 4.13. The van der Waals surface area contributed by atoms with Crippen LogP contribution in [0.1, 0.15) is 19.8 Å². The Bertz CT molecular complexity index is 722. The fourth-order valence-corrected chi connectivity index (χ4v) is 3.09. The van der Waals surface area contributed by atoms with Crippen LogP contribution in [0.5, 0.6) is 5.75 Å². The van der Waals surface area contributed by atoms with Crippen LogP contribution >= 0.6 is 11.8 Å². The third kappa shape index (κ3) is 4.92. The van der Waals surface area contributed by atoms with Gasteiger partial charge in [0.25, 0.3) is 5.69 Å². The number of nitrogens with one attached hydrogen (secondary N) is 2. The van der Waals surface area contributed by atoms with Crippen LogP contribution in [0.4, 0.5) is 11.4 Å². The molecule has 134 valence electrons. The predicted molar refractivity (Wildman–Crippen MR) is 95.0 cm³/mol. The predicted octanol–water partition coefficient (Wildman–Crippen LogP) is 1.93. The van der Waals surface area contributed by atoms with Crippen LogP contribution in [-0.4, -0.2) is 40.8 Å². The van der Waals surface area contributed by atoms with Crippen molar-refractivity contribution < 1.29 is 19.2 Å². The van der Waals surface area contributed by atoms with Gasteiger partial charge < -0.3 is 15.4 Å². The van der Waals surface area contributed by atoms with E-state index in [2.05, 4.69) is 15.6 Å². The number of methoxy groups -OCH3 is 1. The highest BCUT2D eigenvalue weighted by Crippen LogP contribution is 2.30. The Morgan fingerprint density at radius 2 is 2.28 bits per heavy atom. The monoisotopic (exact) mass is 366 g/mol. The highest BCUT2D eigenvalue weighted by molar-refractivity contribution is 8.15. The summed E-state index contributed by atoms with van der Waals surface area (Å²) < 4.78 is 4.94. The number of hydrogen-bond donors (Lipinski definition) is 2. The summed E-state index contributed by atoms with van der Waals surface area (Å²) in [7, 11) is 1.39. The molecule has 1 aromatic carbocycles. The summed E-state index contributed by atoms with van der Waals surface area (Å²) in [5.74, 6) is -0.468. The van der Waals surface area contributed by atoms with Gasteiger partial charge in [-0.15, -0.1) is 0 Å². The zero-order valence-corrected chi connectivity index (χ0v) is 14.6. The van der Waals surface area contributed by atoms with Gasteiger partial charge in [-0.25, -0.2) is 0 Å². The molecule has 0 spiro atoms. The van der Waals surface area contributed by atoms with E-state index in [1.807, 2.05) is 6.92 Å². The molecule has 1 aromatic rings. The number of aliphatic imine (C=N–C) groups is 1. The van der Waals surface area contributed by atoms with Gasteiger partial charge >= 0.3 is 0 Å². The van der Waals surface area contributed by atoms with E-state index in [-0.39, 0.29) is 23.7 Å². The lowest BCUT2D eigenvalue weighted by atomic mass is 10.2. The van der Waals surface area contributed by atoms with Crippen LogP contribution in [0.25, 0.3) is 0 Å². The van der Waals surface area contributed by atoms with Crippen molar-refractivity contribution in [2.75, 3.05) is 19.0 Å². The van der Waals surface area contributed by atoms with Crippen molar-refractivity contribution in [2.24, 2.45) is 4.99 Å². The van der Waals surface area contributed by atoms with Gasteiger partial charge in [-0.1, -0.05) is 18.7 Å². The first-order chi connectivity index (χ1) is 11.9. The molecule has 1 atom stereocenters. The largest absolute Gasteiger partial charge is 0.496 e. The van der Waals surface area contributed by atoms with Crippen LogP contribution in [0.15, 0.2) is 23.2 Å². The number of carbonyl (C=O) groups is 2. The van der Waals surface area contributed by atoms with E-state index in [1.54, 1.807) is 0 Å². The number of carbonyl (C=O) groups excluding carboxylic acids is 2. The van der Waals surface area contributed by atoms with Gasteiger partial charge in [0.15, 0.2) is 5.17 Å². The Morgan fingerprint density at radius 1 is 1.52 bits per heavy atom. The first-order valence-electron chi connectivity index (χ1n) is 7.58. The highest BCUT2D eigenvalue weighted by Gasteiger charge is 2.32. The number of ether oxygens (including phenoxy) is 1. The number of amidine groups is 1. The molecule has 1 saturated heterocycles. The minimum absolute atomic E-state index is 0.0547. The Morgan fingerprint density at radius 3 is 2.92 bits per heavy atom. The van der Waals surface area contributed by atoms with E-state index in [0.717, 1.165) is 6.42 Å². The lowest BCUT2D eigenvalue weighted by molar-refractivity contribution is -0.384. The number of benzene rings is 1. The first-order valence-corrected chi connectivity index (χ1v) is 8.46. The van der Waals surface area contributed by atoms with Crippen LogP contribution in [-0.2, 0) is 9.59 Å². The second-order valence-corrected chi connectivity index (χ2v) is 6.37. The van der Waals surface area contributed by atoms with Gasteiger partial charge in [-0.3, -0.25) is 24.7 Å². The number of amides is 2. The fourth-order valence-electron chi connectivity index (χ4n) is 2.09. The third-order valence-electron chi connectivity index (χ3n) is 3.30. The normalized spacial score (nSPS) is 18.1. The van der Waals surface area contributed by atoms with Gasteiger partial charge in [-0.2, -0.15) is 0 Å². The van der Waals surface area contributed by atoms with E-state index in [1.165, 1.54) is 37.1 Å². The average Bonchev–Trinajstić information content (AvgIpc) is 2.92. The maximum atomic E-state index is 12.2. The van der Waals surface area contributed by atoms with Crippen molar-refractivity contribution >= 4 is 40.1 Å². The summed E-state index contributed by atoms with van der Waals surface area (Å²) in [6.07, 6.45) is 0.747. The van der Waals surface area contributed by atoms with Gasteiger partial charge in [0.2, 0.25) is 11.8 Å². The van der Waals surface area contributed by atoms with E-state index in [9.17, 15) is 19.7 Å². The molecule has 25 heavy (non-hydrogen) atoms. The molecule has 1 unspecified atom stereocenters. The third-order valence-corrected chi connectivity index (χ3v) is 4.42. The van der Waals surface area contributed by atoms with Gasteiger partial charge in [0, 0.05) is 13.0 Å². The zero-order valence-electron chi connectivity index (χ0n) is 13.8. The smallest absolute Gasteiger partial charge is 0.296 e. The van der Waals surface area contributed by atoms with Crippen LogP contribution in [0, 0.1) is 10.1 Å². The summed E-state index contributed by atoms with van der Waals surface area (Å²) >= 11 is 1.19. The van der Waals surface area contributed by atoms with Gasteiger partial charge in [0.05, 0.1) is 18.1 Å². The molecule has 0 aliphatic carbocycles. The van der Waals surface area contributed by atoms with Gasteiger partial charge in [0.1, 0.15) is 16.7 Å². The maximum absolute atomic E-state index is 12.2. The van der Waals surface area contributed by atoms with E-state index in [4.69, 9.17) is 4.74 Å². The van der Waals surface area contributed by atoms with Crippen molar-refractivity contribution in [3.63, 3.8) is 0 Å². The van der Waals surface area contributed by atoms with Crippen molar-refractivity contribution in [3.05, 3.63) is 28.3 Å². The summed E-state index contributed by atoms with van der Waals surface area (Å²) in [4.78, 5) is 38.8. The average molecular weight is 366 g/mol. The lowest BCUT2D eigenvalue weighted by Crippen LogP contribution is -2.28. The quantitative estimate of drug-likeness (QED) is 0.561. The molecule has 1 heterocycles. The first kappa shape index (κ1) is 18.7. The molecule has 10 heteroatoms. The zero-order chi connectivity index (χ0) is 18.4. The molecule has 2 N–H and O–H groups in total. The van der Waals surface area contributed by atoms with Crippen LogP contribution < -0.4 is 15.4 Å². The molecule has 0 aromatic heterocycles. The molecular weight excluding hydrogens is 348 g/mol. The lowest BCUT2D eigenvalue weighted by Gasteiger charge is -2.09. The van der Waals surface area contributed by atoms with Crippen LogP contribution in [0.2, 0.25) is 0 Å².